The van der Waals surface area contributed by atoms with E-state index in [-0.39, 0.29) is 11.7 Å². The standard InChI is InChI=1S/C15H17F3N4O2/c1-8-13(9(2)24-20-8)11-5-4-6-22(11)14(23)10-7-12(15(16,17)18)21(3)19-10/h7,11H,4-6H2,1-3H3. The van der Waals surface area contributed by atoms with E-state index in [1.165, 1.54) is 7.05 Å². The molecule has 2 aromatic rings. The van der Waals surface area contributed by atoms with E-state index in [1.54, 1.807) is 18.7 Å². The number of amides is 1. The van der Waals surface area contributed by atoms with Crippen LogP contribution in [0.15, 0.2) is 10.6 Å². The molecule has 0 saturated carbocycles. The number of nitrogens with zero attached hydrogens (tertiary/aromatic N) is 4. The van der Waals surface area contributed by atoms with E-state index in [0.717, 1.165) is 18.1 Å². The van der Waals surface area contributed by atoms with Gasteiger partial charge in [0.05, 0.1) is 11.7 Å². The average molecular weight is 342 g/mol. The van der Waals surface area contributed by atoms with E-state index in [9.17, 15) is 18.0 Å². The van der Waals surface area contributed by atoms with Gasteiger partial charge in [-0.3, -0.25) is 9.48 Å². The first-order valence-electron chi connectivity index (χ1n) is 7.55. The number of rotatable bonds is 2. The number of alkyl halides is 3. The molecule has 0 spiro atoms. The Labute approximate surface area is 136 Å². The van der Waals surface area contributed by atoms with Gasteiger partial charge < -0.3 is 9.42 Å². The molecule has 1 fully saturated rings. The number of hydrogen-bond donors (Lipinski definition) is 0. The molecule has 1 amide bonds. The van der Waals surface area contributed by atoms with Gasteiger partial charge in [0.15, 0.2) is 5.69 Å². The zero-order valence-electron chi connectivity index (χ0n) is 13.5. The molecule has 0 bridgehead atoms. The topological polar surface area (TPSA) is 64.2 Å². The van der Waals surface area contributed by atoms with E-state index in [2.05, 4.69) is 10.3 Å². The first kappa shape index (κ1) is 16.5. The van der Waals surface area contributed by atoms with E-state index < -0.39 is 17.8 Å². The fraction of sp³-hybridized carbons (Fsp3) is 0.533. The first-order chi connectivity index (χ1) is 11.2. The lowest BCUT2D eigenvalue weighted by atomic mass is 10.0. The van der Waals surface area contributed by atoms with Crippen LogP contribution in [-0.4, -0.2) is 32.3 Å². The molecule has 1 unspecified atom stereocenters. The Morgan fingerprint density at radius 2 is 2.08 bits per heavy atom. The molecule has 2 aromatic heterocycles. The highest BCUT2D eigenvalue weighted by molar-refractivity contribution is 5.93. The fourth-order valence-electron chi connectivity index (χ4n) is 3.26. The zero-order valence-corrected chi connectivity index (χ0v) is 13.5. The van der Waals surface area contributed by atoms with E-state index in [4.69, 9.17) is 4.52 Å². The minimum absolute atomic E-state index is 0.205. The second-order valence-corrected chi connectivity index (χ2v) is 5.93. The van der Waals surface area contributed by atoms with Crippen molar-refractivity contribution in [3.8, 4) is 0 Å². The Kier molecular flexibility index (Phi) is 3.89. The normalized spacial score (nSPS) is 18.4. The highest BCUT2D eigenvalue weighted by Crippen LogP contribution is 2.37. The maximum Gasteiger partial charge on any atom is 0.433 e. The molecule has 0 radical (unpaired) electrons. The summed E-state index contributed by atoms with van der Waals surface area (Å²) in [4.78, 5) is 14.3. The molecular formula is C15H17F3N4O2. The third-order valence-corrected chi connectivity index (χ3v) is 4.32. The van der Waals surface area contributed by atoms with Crippen LogP contribution in [-0.2, 0) is 13.2 Å². The fourth-order valence-corrected chi connectivity index (χ4v) is 3.26. The van der Waals surface area contributed by atoms with Gasteiger partial charge in [0.2, 0.25) is 0 Å². The number of aryl methyl sites for hydroxylation is 3. The summed E-state index contributed by atoms with van der Waals surface area (Å²) in [5.74, 6) is 0.109. The molecule has 130 valence electrons. The quantitative estimate of drug-likeness (QED) is 0.841. The van der Waals surface area contributed by atoms with Crippen molar-refractivity contribution in [2.45, 2.75) is 38.9 Å². The summed E-state index contributed by atoms with van der Waals surface area (Å²) in [5.41, 5.74) is 0.365. The molecule has 24 heavy (non-hydrogen) atoms. The number of carbonyl (C=O) groups is 1. The van der Waals surface area contributed by atoms with E-state index in [1.807, 2.05) is 0 Å². The maximum absolute atomic E-state index is 12.9. The molecular weight excluding hydrogens is 325 g/mol. The SMILES string of the molecule is Cc1noc(C)c1C1CCCN1C(=O)c1cc(C(F)(F)F)n(C)n1. The Morgan fingerprint density at radius 1 is 1.38 bits per heavy atom. The zero-order chi connectivity index (χ0) is 17.6. The van der Waals surface area contributed by atoms with E-state index in [0.29, 0.717) is 29.1 Å². The van der Waals surface area contributed by atoms with Crippen molar-refractivity contribution in [3.63, 3.8) is 0 Å². The number of halogens is 3. The Bertz CT molecular complexity index is 759. The summed E-state index contributed by atoms with van der Waals surface area (Å²) >= 11 is 0. The lowest BCUT2D eigenvalue weighted by Gasteiger charge is -2.23. The predicted molar refractivity (Wildman–Crippen MR) is 77.2 cm³/mol. The van der Waals surface area contributed by atoms with Crippen LogP contribution in [0, 0.1) is 13.8 Å². The van der Waals surface area contributed by atoms with Crippen LogP contribution in [0.25, 0.3) is 0 Å². The number of aromatic nitrogens is 3. The molecule has 1 atom stereocenters. The van der Waals surface area contributed by atoms with E-state index >= 15 is 0 Å². The van der Waals surface area contributed by atoms with Crippen molar-refractivity contribution >= 4 is 5.91 Å². The van der Waals surface area contributed by atoms with Gasteiger partial charge in [0, 0.05) is 25.2 Å². The number of hydrogen-bond acceptors (Lipinski definition) is 4. The third kappa shape index (κ3) is 2.67. The van der Waals surface area contributed by atoms with Crippen molar-refractivity contribution in [2.24, 2.45) is 7.05 Å². The van der Waals surface area contributed by atoms with Gasteiger partial charge in [-0.2, -0.15) is 18.3 Å². The minimum atomic E-state index is -4.55. The molecule has 3 heterocycles. The Balaban J connectivity index is 1.92. The lowest BCUT2D eigenvalue weighted by Crippen LogP contribution is -2.31. The summed E-state index contributed by atoms with van der Waals surface area (Å²) in [6.45, 7) is 4.01. The van der Waals surface area contributed by atoms with Crippen molar-refractivity contribution in [1.82, 2.24) is 19.8 Å². The summed E-state index contributed by atoms with van der Waals surface area (Å²) in [6.07, 6.45) is -3.07. The van der Waals surface area contributed by atoms with Crippen molar-refractivity contribution in [1.29, 1.82) is 0 Å². The van der Waals surface area contributed by atoms with Gasteiger partial charge in [-0.1, -0.05) is 5.16 Å². The van der Waals surface area contributed by atoms with Gasteiger partial charge in [-0.05, 0) is 26.7 Å². The van der Waals surface area contributed by atoms with Gasteiger partial charge in [0.1, 0.15) is 11.5 Å². The first-order valence-corrected chi connectivity index (χ1v) is 7.55. The maximum atomic E-state index is 12.9. The number of carbonyl (C=O) groups excluding carboxylic acids is 1. The molecule has 1 saturated heterocycles. The Morgan fingerprint density at radius 3 is 2.62 bits per heavy atom. The molecule has 0 aliphatic carbocycles. The predicted octanol–water partition coefficient (Wildman–Crippen LogP) is 3.02. The smallest absolute Gasteiger partial charge is 0.361 e. The lowest BCUT2D eigenvalue weighted by molar-refractivity contribution is -0.143. The van der Waals surface area contributed by atoms with Crippen LogP contribution in [0.5, 0.6) is 0 Å². The van der Waals surface area contributed by atoms with Crippen LogP contribution in [0.3, 0.4) is 0 Å². The minimum Gasteiger partial charge on any atom is -0.361 e. The molecule has 3 rings (SSSR count). The van der Waals surface area contributed by atoms with Gasteiger partial charge in [-0.25, -0.2) is 0 Å². The van der Waals surface area contributed by atoms with Gasteiger partial charge >= 0.3 is 6.18 Å². The number of likely N-dealkylation sites (tertiary alicyclic amines) is 1. The van der Waals surface area contributed by atoms with Gasteiger partial charge in [-0.15, -0.1) is 0 Å². The van der Waals surface area contributed by atoms with Crippen LogP contribution in [0.2, 0.25) is 0 Å². The largest absolute Gasteiger partial charge is 0.433 e. The highest BCUT2D eigenvalue weighted by Gasteiger charge is 2.39. The molecule has 0 aromatic carbocycles. The van der Waals surface area contributed by atoms with Crippen LogP contribution in [0.4, 0.5) is 13.2 Å². The van der Waals surface area contributed by atoms with Crippen molar-refractivity contribution in [3.05, 3.63) is 34.5 Å². The van der Waals surface area contributed by atoms with Crippen LogP contribution in [0.1, 0.15) is 52.1 Å². The summed E-state index contributed by atoms with van der Waals surface area (Å²) in [7, 11) is 1.18. The molecule has 1 aliphatic heterocycles. The highest BCUT2D eigenvalue weighted by atomic mass is 19.4. The molecule has 6 nitrogen and oxygen atoms in total. The summed E-state index contributed by atoms with van der Waals surface area (Å²) in [5, 5.41) is 7.64. The summed E-state index contributed by atoms with van der Waals surface area (Å²) < 4.78 is 44.5. The summed E-state index contributed by atoms with van der Waals surface area (Å²) in [6, 6.07) is 0.547. The van der Waals surface area contributed by atoms with Gasteiger partial charge in [0.25, 0.3) is 5.91 Å². The molecule has 9 heteroatoms. The Hall–Kier alpha value is -2.32. The van der Waals surface area contributed by atoms with Crippen molar-refractivity contribution in [2.75, 3.05) is 6.54 Å². The molecule has 1 aliphatic rings. The molecule has 0 N–H and O–H groups in total. The second-order valence-electron chi connectivity index (χ2n) is 5.93. The second kappa shape index (κ2) is 5.64. The van der Waals surface area contributed by atoms with Crippen LogP contribution >= 0.6 is 0 Å². The van der Waals surface area contributed by atoms with Crippen LogP contribution < -0.4 is 0 Å². The van der Waals surface area contributed by atoms with Crippen molar-refractivity contribution < 1.29 is 22.5 Å². The monoisotopic (exact) mass is 342 g/mol. The third-order valence-electron chi connectivity index (χ3n) is 4.32. The average Bonchev–Trinajstić information content (AvgIpc) is 3.17.